The van der Waals surface area contributed by atoms with Crippen LogP contribution < -0.4 is 9.47 Å². The lowest BCUT2D eigenvalue weighted by Crippen LogP contribution is -2.30. The highest BCUT2D eigenvalue weighted by Gasteiger charge is 2.31. The summed E-state index contributed by atoms with van der Waals surface area (Å²) in [6, 6.07) is 6.09. The van der Waals surface area contributed by atoms with Crippen molar-refractivity contribution in [3.05, 3.63) is 53.1 Å². The maximum absolute atomic E-state index is 13.6. The Bertz CT molecular complexity index is 1120. The van der Waals surface area contributed by atoms with E-state index in [2.05, 4.69) is 4.98 Å². The second-order valence-corrected chi connectivity index (χ2v) is 9.86. The van der Waals surface area contributed by atoms with Gasteiger partial charge in [-0.25, -0.2) is 9.37 Å². The summed E-state index contributed by atoms with van der Waals surface area (Å²) in [5.74, 6) is -2.86. The number of hydrogen-bond acceptors (Lipinski definition) is 7. The summed E-state index contributed by atoms with van der Waals surface area (Å²) >= 11 is 0. The van der Waals surface area contributed by atoms with E-state index in [1.54, 1.807) is 26.8 Å². The first-order chi connectivity index (χ1) is 17.4. The minimum atomic E-state index is -0.775. The molecular weight excluding hydrogens is 477 g/mol. The molecule has 0 bridgehead atoms. The number of ether oxygens (including phenoxy) is 3. The molecule has 0 saturated heterocycles. The Hall–Kier alpha value is -3.29. The zero-order valence-corrected chi connectivity index (χ0v) is 23.0. The molecule has 0 radical (unpaired) electrons. The van der Waals surface area contributed by atoms with Crippen LogP contribution in [0.2, 0.25) is 0 Å². The average molecular weight is 516 g/mol. The largest absolute Gasteiger partial charge is 0.493 e. The van der Waals surface area contributed by atoms with Crippen molar-refractivity contribution < 1.29 is 33.0 Å². The van der Waals surface area contributed by atoms with Gasteiger partial charge in [-0.05, 0) is 49.4 Å². The van der Waals surface area contributed by atoms with Gasteiger partial charge >= 0.3 is 11.9 Å². The first-order valence-electron chi connectivity index (χ1n) is 12.7. The molecule has 1 heterocycles. The Balaban J connectivity index is 2.19. The molecule has 2 rings (SSSR count). The van der Waals surface area contributed by atoms with Crippen molar-refractivity contribution in [2.45, 2.75) is 73.3 Å². The summed E-state index contributed by atoms with van der Waals surface area (Å²) in [7, 11) is 1.40. The fraction of sp³-hybridized carbons (Fsp3) is 0.517. The van der Waals surface area contributed by atoms with Crippen LogP contribution >= 0.6 is 0 Å². The molecule has 1 aromatic heterocycles. The third kappa shape index (κ3) is 7.60. The predicted molar refractivity (Wildman–Crippen MR) is 138 cm³/mol. The van der Waals surface area contributed by atoms with E-state index in [0.717, 1.165) is 11.1 Å². The fourth-order valence-corrected chi connectivity index (χ4v) is 4.25. The van der Waals surface area contributed by atoms with Gasteiger partial charge in [-0.3, -0.25) is 14.4 Å². The van der Waals surface area contributed by atoms with Crippen molar-refractivity contribution in [3.8, 4) is 11.5 Å². The van der Waals surface area contributed by atoms with Crippen LogP contribution in [0.25, 0.3) is 0 Å². The molecule has 202 valence electrons. The predicted octanol–water partition coefficient (Wildman–Crippen LogP) is 6.07. The van der Waals surface area contributed by atoms with E-state index in [1.807, 2.05) is 27.7 Å². The molecule has 4 atom stereocenters. The molecule has 2 aromatic rings. The zero-order valence-electron chi connectivity index (χ0n) is 23.0. The highest BCUT2D eigenvalue weighted by atomic mass is 19.1. The molecule has 1 unspecified atom stereocenters. The van der Waals surface area contributed by atoms with E-state index in [4.69, 9.17) is 14.2 Å². The number of carbonyl (C=O) groups is 3. The molecule has 8 heteroatoms. The van der Waals surface area contributed by atoms with Crippen LogP contribution in [0.3, 0.4) is 0 Å². The van der Waals surface area contributed by atoms with Crippen LogP contribution in [0.15, 0.2) is 30.5 Å². The van der Waals surface area contributed by atoms with Gasteiger partial charge in [0.15, 0.2) is 17.2 Å². The molecule has 0 aliphatic heterocycles. The number of aromatic nitrogens is 1. The topological polar surface area (TPSA) is 91.8 Å². The molecule has 0 fully saturated rings. The van der Waals surface area contributed by atoms with E-state index in [1.165, 1.54) is 31.5 Å². The molecule has 0 aliphatic carbocycles. The van der Waals surface area contributed by atoms with E-state index < -0.39 is 29.7 Å². The number of esters is 2. The minimum Gasteiger partial charge on any atom is -0.493 e. The van der Waals surface area contributed by atoms with Crippen molar-refractivity contribution in [1.82, 2.24) is 4.98 Å². The lowest BCUT2D eigenvalue weighted by molar-refractivity contribution is -0.154. The average Bonchev–Trinajstić information content (AvgIpc) is 2.84. The quantitative estimate of drug-likeness (QED) is 0.250. The third-order valence-electron chi connectivity index (χ3n) is 6.58. The minimum absolute atomic E-state index is 0.0547. The molecule has 0 amide bonds. The first-order valence-corrected chi connectivity index (χ1v) is 12.7. The number of ketones is 1. The Morgan fingerprint density at radius 3 is 2.24 bits per heavy atom. The second kappa shape index (κ2) is 13.3. The van der Waals surface area contributed by atoms with Gasteiger partial charge in [0.25, 0.3) is 0 Å². The summed E-state index contributed by atoms with van der Waals surface area (Å²) in [5, 5.41) is 0. The fourth-order valence-electron chi connectivity index (χ4n) is 4.25. The molecule has 0 spiro atoms. The van der Waals surface area contributed by atoms with Gasteiger partial charge in [0.2, 0.25) is 5.75 Å². The Labute approximate surface area is 218 Å². The van der Waals surface area contributed by atoms with Crippen LogP contribution in [-0.4, -0.2) is 35.9 Å². The number of nitrogens with zero attached hydrogens (tertiary/aromatic N) is 1. The van der Waals surface area contributed by atoms with Crippen molar-refractivity contribution >= 4 is 17.7 Å². The van der Waals surface area contributed by atoms with Gasteiger partial charge < -0.3 is 14.2 Å². The summed E-state index contributed by atoms with van der Waals surface area (Å²) in [5.41, 5.74) is 1.62. The SMILES string of the molecule is CCC(C)C(=O)Oc1c(OC)ccnc1C(=O)C[C@@H](C)C(=O)O[C@@H](C)[C@H](c1ccc(F)cc1C)C(C)C. The molecule has 1 aromatic carbocycles. The Morgan fingerprint density at radius 1 is 1.00 bits per heavy atom. The summed E-state index contributed by atoms with van der Waals surface area (Å²) < 4.78 is 30.2. The number of methoxy groups -OCH3 is 1. The second-order valence-electron chi connectivity index (χ2n) is 9.86. The summed E-state index contributed by atoms with van der Waals surface area (Å²) in [6.45, 7) is 12.8. The Kier molecular flexibility index (Phi) is 10.8. The zero-order chi connectivity index (χ0) is 27.9. The number of carbonyl (C=O) groups excluding carboxylic acids is 3. The van der Waals surface area contributed by atoms with E-state index in [9.17, 15) is 18.8 Å². The smallest absolute Gasteiger partial charge is 0.314 e. The first kappa shape index (κ1) is 29.9. The number of benzene rings is 1. The maximum atomic E-state index is 13.6. The highest BCUT2D eigenvalue weighted by Crippen LogP contribution is 2.34. The number of rotatable bonds is 12. The number of hydrogen-bond donors (Lipinski definition) is 0. The van der Waals surface area contributed by atoms with Gasteiger partial charge in [0.1, 0.15) is 11.9 Å². The van der Waals surface area contributed by atoms with Crippen LogP contribution in [0, 0.1) is 30.5 Å². The molecule has 7 nitrogen and oxygen atoms in total. The van der Waals surface area contributed by atoms with E-state index in [0.29, 0.717) is 6.42 Å². The van der Waals surface area contributed by atoms with Crippen molar-refractivity contribution in [2.75, 3.05) is 7.11 Å². The van der Waals surface area contributed by atoms with E-state index in [-0.39, 0.29) is 47.2 Å². The van der Waals surface area contributed by atoms with Crippen molar-refractivity contribution in [2.24, 2.45) is 17.8 Å². The lowest BCUT2D eigenvalue weighted by atomic mass is 9.82. The van der Waals surface area contributed by atoms with Gasteiger partial charge in [0, 0.05) is 24.6 Å². The van der Waals surface area contributed by atoms with Gasteiger partial charge in [-0.2, -0.15) is 0 Å². The number of Topliss-reactive ketones (excluding diaryl/α,β-unsaturated/α-hetero) is 1. The summed E-state index contributed by atoms with van der Waals surface area (Å²) in [4.78, 5) is 42.6. The molecule has 0 saturated carbocycles. The number of halogens is 1. The monoisotopic (exact) mass is 515 g/mol. The van der Waals surface area contributed by atoms with Crippen LogP contribution in [-0.2, 0) is 14.3 Å². The molecular formula is C29H38FNO6. The van der Waals surface area contributed by atoms with Gasteiger partial charge in [-0.1, -0.05) is 40.7 Å². The van der Waals surface area contributed by atoms with Gasteiger partial charge in [-0.15, -0.1) is 0 Å². The van der Waals surface area contributed by atoms with Crippen LogP contribution in [0.5, 0.6) is 11.5 Å². The molecule has 0 aliphatic rings. The standard InChI is InChI=1S/C29H38FNO6/c1-9-17(4)28(33)37-27-24(35-8)12-13-31-26(27)23(32)15-19(6)29(34)36-20(7)25(16(2)3)22-11-10-21(30)14-18(22)5/h10-14,16-17,19-20,25H,9,15H2,1-8H3/t17?,19-,20+,25-/m1/s1. The molecule has 0 N–H and O–H groups in total. The van der Waals surface area contributed by atoms with Crippen LogP contribution in [0.1, 0.15) is 81.9 Å². The van der Waals surface area contributed by atoms with Gasteiger partial charge in [0.05, 0.1) is 18.9 Å². The highest BCUT2D eigenvalue weighted by molar-refractivity contribution is 6.00. The third-order valence-corrected chi connectivity index (χ3v) is 6.58. The number of aryl methyl sites for hydroxylation is 1. The normalized spacial score (nSPS) is 14.4. The van der Waals surface area contributed by atoms with Crippen molar-refractivity contribution in [3.63, 3.8) is 0 Å². The molecule has 37 heavy (non-hydrogen) atoms. The van der Waals surface area contributed by atoms with Crippen molar-refractivity contribution in [1.29, 1.82) is 0 Å². The summed E-state index contributed by atoms with van der Waals surface area (Å²) in [6.07, 6.45) is 1.26. The van der Waals surface area contributed by atoms with Crippen LogP contribution in [0.4, 0.5) is 4.39 Å². The maximum Gasteiger partial charge on any atom is 0.314 e. The Morgan fingerprint density at radius 2 is 1.68 bits per heavy atom. The lowest BCUT2D eigenvalue weighted by Gasteiger charge is -2.30. The number of pyridine rings is 1. The van der Waals surface area contributed by atoms with E-state index >= 15 is 0 Å².